The van der Waals surface area contributed by atoms with E-state index in [9.17, 15) is 30.7 Å². The molecule has 0 aliphatic carbocycles. The Morgan fingerprint density at radius 3 is 1.67 bits per heavy atom. The normalized spacial score (nSPS) is 11.1. The number of hydrogen-bond acceptors (Lipinski definition) is 1. The van der Waals surface area contributed by atoms with Gasteiger partial charge in [-0.25, -0.2) is 17.6 Å². The molecule has 0 fully saturated rings. The van der Waals surface area contributed by atoms with E-state index in [0.29, 0.717) is 0 Å². The van der Waals surface area contributed by atoms with Crippen molar-refractivity contribution in [2.75, 3.05) is 0 Å². The van der Waals surface area contributed by atoms with Gasteiger partial charge in [-0.05, 0) is 20.1 Å². The third kappa shape index (κ3) is 2.85. The molecule has 0 saturated carbocycles. The molecule has 0 atom stereocenters. The summed E-state index contributed by atoms with van der Waals surface area (Å²) in [6.45, 7) is 0. The first kappa shape index (κ1) is 15.4. The van der Waals surface area contributed by atoms with E-state index in [1.54, 1.807) is 27.1 Å². The van der Waals surface area contributed by atoms with E-state index in [2.05, 4.69) is 0 Å². The molecule has 0 radical (unpaired) electrons. The molecule has 0 aliphatic heterocycles. The predicted octanol–water partition coefficient (Wildman–Crippen LogP) is 4.65. The monoisotopic (exact) mass is 400 g/mol. The van der Waals surface area contributed by atoms with Crippen LogP contribution < -0.4 is 0 Å². The molecule has 0 spiro atoms. The van der Waals surface area contributed by atoms with Gasteiger partial charge in [0.25, 0.3) is 0 Å². The second kappa shape index (κ2) is 5.56. The van der Waals surface area contributed by atoms with Crippen molar-refractivity contribution < 1.29 is 30.7 Å². The number of benzene rings is 1. The van der Waals surface area contributed by atoms with Gasteiger partial charge in [0.15, 0.2) is 23.3 Å². The van der Waals surface area contributed by atoms with E-state index < -0.39 is 40.6 Å². The van der Waals surface area contributed by atoms with E-state index >= 15 is 0 Å². The van der Waals surface area contributed by atoms with Gasteiger partial charge in [0.2, 0.25) is 0 Å². The molecule has 1 rings (SSSR count). The minimum Gasteiger partial charge on any atom is -0.203 e. The maximum atomic E-state index is 13.2. The Morgan fingerprint density at radius 2 is 1.33 bits per heavy atom. The second-order valence-corrected chi connectivity index (χ2v) is 4.49. The lowest BCUT2D eigenvalue weighted by molar-refractivity contribution is -0.143. The molecular weight excluding hydrogens is 400 g/mol. The number of rotatable bonds is 0. The lowest BCUT2D eigenvalue weighted by Crippen LogP contribution is -2.16. The maximum Gasteiger partial charge on any atom is 0.422 e. The molecule has 0 bridgehead atoms. The first-order valence-corrected chi connectivity index (χ1v) is 7.29. The van der Waals surface area contributed by atoms with Crippen LogP contribution in [0.25, 0.3) is 0 Å². The fourth-order valence-electron chi connectivity index (χ4n) is 1.06. The third-order valence-electron chi connectivity index (χ3n) is 1.76. The fourth-order valence-corrected chi connectivity index (χ4v) is 1.53. The van der Waals surface area contributed by atoms with E-state index in [4.69, 9.17) is 0 Å². The SMILES string of the molecule is Fc1c(F)c(C(F)(F)F)c(F)c(F)c1C#CSI. The summed E-state index contributed by atoms with van der Waals surface area (Å²) >= 11 is 1.61. The van der Waals surface area contributed by atoms with Crippen molar-refractivity contribution in [1.29, 1.82) is 0 Å². The van der Waals surface area contributed by atoms with Crippen LogP contribution >= 0.6 is 30.1 Å². The molecule has 0 aromatic heterocycles. The molecule has 0 nitrogen and oxygen atoms in total. The van der Waals surface area contributed by atoms with Crippen LogP contribution in [0.4, 0.5) is 30.7 Å². The van der Waals surface area contributed by atoms with Crippen molar-refractivity contribution in [2.45, 2.75) is 6.18 Å². The quantitative estimate of drug-likeness (QED) is 0.265. The molecule has 9 heteroatoms. The third-order valence-corrected chi connectivity index (χ3v) is 2.60. The van der Waals surface area contributed by atoms with E-state index in [1.807, 2.05) is 5.25 Å². The summed E-state index contributed by atoms with van der Waals surface area (Å²) in [7, 11) is 0.744. The highest BCUT2D eigenvalue weighted by Gasteiger charge is 2.42. The van der Waals surface area contributed by atoms with E-state index in [1.165, 1.54) is 0 Å². The Labute approximate surface area is 113 Å². The molecule has 0 N–H and O–H groups in total. The fraction of sp³-hybridized carbons (Fsp3) is 0.111. The van der Waals surface area contributed by atoms with Crippen LogP contribution in [0, 0.1) is 34.4 Å². The van der Waals surface area contributed by atoms with Gasteiger partial charge in [0.05, 0.1) is 0 Å². The van der Waals surface area contributed by atoms with Gasteiger partial charge in [-0.15, -0.1) is 0 Å². The minimum atomic E-state index is -5.54. The summed E-state index contributed by atoms with van der Waals surface area (Å²) in [4.78, 5) is 0. The zero-order valence-electron chi connectivity index (χ0n) is 7.93. The predicted molar refractivity (Wildman–Crippen MR) is 59.8 cm³/mol. The lowest BCUT2D eigenvalue weighted by Gasteiger charge is -2.11. The summed E-state index contributed by atoms with van der Waals surface area (Å²) in [5.41, 5.74) is -3.98. The Balaban J connectivity index is 3.66. The Morgan fingerprint density at radius 1 is 0.889 bits per heavy atom. The van der Waals surface area contributed by atoms with Crippen molar-refractivity contribution in [3.63, 3.8) is 0 Å². The number of hydrogen-bond donors (Lipinski definition) is 0. The number of alkyl halides is 3. The average Bonchev–Trinajstić information content (AvgIpc) is 2.25. The van der Waals surface area contributed by atoms with Gasteiger partial charge >= 0.3 is 6.18 Å². The van der Waals surface area contributed by atoms with Crippen LogP contribution in [0.2, 0.25) is 0 Å². The summed E-state index contributed by atoms with van der Waals surface area (Å²) in [5, 5.41) is 2.02. The molecule has 0 heterocycles. The minimum absolute atomic E-state index is 0.744. The number of halogens is 8. The van der Waals surface area contributed by atoms with Crippen LogP contribution in [0.5, 0.6) is 0 Å². The van der Waals surface area contributed by atoms with Crippen molar-refractivity contribution in [1.82, 2.24) is 0 Å². The van der Waals surface area contributed by atoms with Gasteiger partial charge in [0.1, 0.15) is 11.1 Å². The first-order chi connectivity index (χ1) is 8.21. The van der Waals surface area contributed by atoms with Crippen molar-refractivity contribution in [2.24, 2.45) is 0 Å². The molecule has 1 aromatic rings. The second-order valence-electron chi connectivity index (χ2n) is 2.81. The standard InChI is InChI=1S/C9F7IS/c10-5-3(1-2-18-17)6(11)8(13)4(7(5)12)9(14,15)16. The van der Waals surface area contributed by atoms with Crippen molar-refractivity contribution in [3.05, 3.63) is 34.4 Å². The molecule has 98 valence electrons. The Bertz CT molecular complexity index is 512. The highest BCUT2D eigenvalue weighted by molar-refractivity contribution is 14.2. The van der Waals surface area contributed by atoms with Crippen LogP contribution in [-0.4, -0.2) is 0 Å². The van der Waals surface area contributed by atoms with Crippen LogP contribution in [0.1, 0.15) is 11.1 Å². The summed E-state index contributed by atoms with van der Waals surface area (Å²) in [5.74, 6) is -7.66. The zero-order valence-corrected chi connectivity index (χ0v) is 10.9. The van der Waals surface area contributed by atoms with Crippen molar-refractivity contribution in [3.8, 4) is 11.2 Å². The van der Waals surface area contributed by atoms with Gasteiger partial charge < -0.3 is 0 Å². The largest absolute Gasteiger partial charge is 0.422 e. The molecule has 0 saturated heterocycles. The van der Waals surface area contributed by atoms with Crippen LogP contribution in [-0.2, 0) is 6.18 Å². The summed E-state index contributed by atoms with van der Waals surface area (Å²) in [6, 6.07) is 0. The molecule has 18 heavy (non-hydrogen) atoms. The van der Waals surface area contributed by atoms with E-state index in [-0.39, 0.29) is 0 Å². The highest BCUT2D eigenvalue weighted by Crippen LogP contribution is 2.36. The molecule has 0 amide bonds. The molecule has 1 aromatic carbocycles. The smallest absolute Gasteiger partial charge is 0.203 e. The zero-order chi connectivity index (χ0) is 14.1. The van der Waals surface area contributed by atoms with Gasteiger partial charge in [-0.2, -0.15) is 13.2 Å². The van der Waals surface area contributed by atoms with Crippen LogP contribution in [0.15, 0.2) is 0 Å². The molecule has 0 unspecified atom stereocenters. The lowest BCUT2D eigenvalue weighted by atomic mass is 10.1. The van der Waals surface area contributed by atoms with E-state index in [0.717, 1.165) is 8.93 Å². The van der Waals surface area contributed by atoms with Crippen molar-refractivity contribution >= 4 is 30.1 Å². The van der Waals surface area contributed by atoms with Gasteiger partial charge in [0, 0.05) is 21.2 Å². The topological polar surface area (TPSA) is 0 Å². The van der Waals surface area contributed by atoms with Crippen LogP contribution in [0.3, 0.4) is 0 Å². The summed E-state index contributed by atoms with van der Waals surface area (Å²) in [6.07, 6.45) is -5.54. The molecule has 0 aliphatic rings. The Hall–Kier alpha value is -0.630. The highest BCUT2D eigenvalue weighted by atomic mass is 127. The Kier molecular flexibility index (Phi) is 4.77. The van der Waals surface area contributed by atoms with Gasteiger partial charge in [-0.3, -0.25) is 0 Å². The van der Waals surface area contributed by atoms with Gasteiger partial charge in [-0.1, -0.05) is 0 Å². The molecular formula is C9F7IS. The average molecular weight is 400 g/mol. The summed E-state index contributed by atoms with van der Waals surface area (Å²) < 4.78 is 89.0. The first-order valence-electron chi connectivity index (χ1n) is 3.93. The maximum absolute atomic E-state index is 13.2.